The van der Waals surface area contributed by atoms with Crippen molar-refractivity contribution in [2.75, 3.05) is 5.32 Å². The highest BCUT2D eigenvalue weighted by atomic mass is 79.9. The molecular weight excluding hydrogens is 384 g/mol. The number of halogens is 1. The van der Waals surface area contributed by atoms with Gasteiger partial charge in [-0.3, -0.25) is 4.79 Å². The number of benzene rings is 1. The zero-order valence-electron chi connectivity index (χ0n) is 13.9. The van der Waals surface area contributed by atoms with E-state index in [2.05, 4.69) is 33.2 Å². The van der Waals surface area contributed by atoms with E-state index in [-0.39, 0.29) is 18.3 Å². The van der Waals surface area contributed by atoms with Gasteiger partial charge in [0.15, 0.2) is 5.76 Å². The van der Waals surface area contributed by atoms with E-state index >= 15 is 0 Å². The van der Waals surface area contributed by atoms with Gasteiger partial charge in [0.2, 0.25) is 0 Å². The zero-order chi connectivity index (χ0) is 17.8. The van der Waals surface area contributed by atoms with Crippen LogP contribution in [0.1, 0.15) is 27.4 Å². The second-order valence-corrected chi connectivity index (χ2v) is 6.53. The molecular formula is C19H17BrN2O3. The molecule has 25 heavy (non-hydrogen) atoms. The Balaban J connectivity index is 1.60. The molecule has 0 unspecified atom stereocenters. The molecule has 0 saturated heterocycles. The molecule has 3 rings (SSSR count). The highest BCUT2D eigenvalue weighted by Crippen LogP contribution is 2.19. The van der Waals surface area contributed by atoms with Gasteiger partial charge in [-0.2, -0.15) is 0 Å². The van der Waals surface area contributed by atoms with Crippen LogP contribution in [-0.2, 0) is 6.61 Å². The van der Waals surface area contributed by atoms with Crippen LogP contribution < -0.4 is 10.1 Å². The zero-order valence-corrected chi connectivity index (χ0v) is 15.5. The first-order valence-corrected chi connectivity index (χ1v) is 8.52. The fourth-order valence-electron chi connectivity index (χ4n) is 2.16. The number of nitrogens with one attached hydrogen (secondary N) is 1. The molecule has 0 aliphatic carbocycles. The first-order valence-electron chi connectivity index (χ1n) is 7.73. The largest absolute Gasteiger partial charge is 0.486 e. The summed E-state index contributed by atoms with van der Waals surface area (Å²) in [6.45, 7) is 4.34. The lowest BCUT2D eigenvalue weighted by atomic mass is 10.1. The molecule has 0 spiro atoms. The van der Waals surface area contributed by atoms with Crippen LogP contribution in [0.3, 0.4) is 0 Å². The fourth-order valence-corrected chi connectivity index (χ4v) is 2.40. The minimum atomic E-state index is -0.354. The van der Waals surface area contributed by atoms with E-state index in [0.717, 1.165) is 10.2 Å². The summed E-state index contributed by atoms with van der Waals surface area (Å²) >= 11 is 3.30. The number of carbonyl (C=O) groups excluding carboxylic acids is 1. The fraction of sp³-hybridized carbons (Fsp3) is 0.158. The van der Waals surface area contributed by atoms with Gasteiger partial charge in [-0.25, -0.2) is 4.98 Å². The topological polar surface area (TPSA) is 64.4 Å². The van der Waals surface area contributed by atoms with Crippen LogP contribution in [0, 0.1) is 13.8 Å². The average Bonchev–Trinajstić information content (AvgIpc) is 3.07. The second kappa shape index (κ2) is 7.53. The molecule has 0 saturated carbocycles. The van der Waals surface area contributed by atoms with Crippen molar-refractivity contribution < 1.29 is 13.9 Å². The van der Waals surface area contributed by atoms with E-state index in [1.807, 2.05) is 25.1 Å². The number of nitrogens with zero attached hydrogens (tertiary/aromatic N) is 1. The quantitative estimate of drug-likeness (QED) is 0.662. The molecule has 3 aromatic rings. The number of furan rings is 1. The number of pyridine rings is 1. The molecule has 2 heterocycles. The third kappa shape index (κ3) is 4.48. The SMILES string of the molecule is Cc1ccc(OCc2ccc(C(=O)Nc3ccc(Br)cn3)o2)cc1C. The second-order valence-electron chi connectivity index (χ2n) is 5.62. The molecule has 0 aliphatic rings. The molecule has 1 aromatic carbocycles. The van der Waals surface area contributed by atoms with Gasteiger partial charge in [0, 0.05) is 10.7 Å². The van der Waals surface area contributed by atoms with E-state index in [1.54, 1.807) is 30.5 Å². The predicted molar refractivity (Wildman–Crippen MR) is 98.8 cm³/mol. The minimum absolute atomic E-state index is 0.211. The molecule has 0 aliphatic heterocycles. The Morgan fingerprint density at radius 3 is 2.72 bits per heavy atom. The van der Waals surface area contributed by atoms with Crippen molar-refractivity contribution in [1.82, 2.24) is 4.98 Å². The normalized spacial score (nSPS) is 10.5. The Kier molecular flexibility index (Phi) is 5.19. The average molecular weight is 401 g/mol. The third-order valence-corrected chi connectivity index (χ3v) is 4.18. The van der Waals surface area contributed by atoms with Crippen molar-refractivity contribution in [3.05, 3.63) is 75.8 Å². The number of carbonyl (C=O) groups is 1. The number of rotatable bonds is 5. The van der Waals surface area contributed by atoms with Crippen LogP contribution in [-0.4, -0.2) is 10.9 Å². The minimum Gasteiger partial charge on any atom is -0.486 e. The molecule has 0 atom stereocenters. The number of aryl methyl sites for hydroxylation is 2. The molecule has 0 fully saturated rings. The number of aromatic nitrogens is 1. The van der Waals surface area contributed by atoms with E-state index < -0.39 is 0 Å². The maximum absolute atomic E-state index is 12.2. The van der Waals surface area contributed by atoms with Crippen molar-refractivity contribution in [2.24, 2.45) is 0 Å². The lowest BCUT2D eigenvalue weighted by Gasteiger charge is -2.07. The summed E-state index contributed by atoms with van der Waals surface area (Å²) in [6, 6.07) is 12.8. The van der Waals surface area contributed by atoms with Gasteiger partial charge < -0.3 is 14.5 Å². The van der Waals surface area contributed by atoms with Crippen LogP contribution >= 0.6 is 15.9 Å². The number of anilines is 1. The summed E-state index contributed by atoms with van der Waals surface area (Å²) in [6.07, 6.45) is 1.61. The van der Waals surface area contributed by atoms with Crippen LogP contribution in [0.4, 0.5) is 5.82 Å². The van der Waals surface area contributed by atoms with Crippen LogP contribution in [0.25, 0.3) is 0 Å². The molecule has 0 radical (unpaired) electrons. The lowest BCUT2D eigenvalue weighted by Crippen LogP contribution is -2.11. The summed E-state index contributed by atoms with van der Waals surface area (Å²) in [5, 5.41) is 2.68. The lowest BCUT2D eigenvalue weighted by molar-refractivity contribution is 0.0992. The highest BCUT2D eigenvalue weighted by molar-refractivity contribution is 9.10. The number of ether oxygens (including phenoxy) is 1. The maximum Gasteiger partial charge on any atom is 0.292 e. The van der Waals surface area contributed by atoms with Crippen molar-refractivity contribution in [3.63, 3.8) is 0 Å². The Morgan fingerprint density at radius 2 is 2.00 bits per heavy atom. The first-order chi connectivity index (χ1) is 12.0. The first kappa shape index (κ1) is 17.2. The summed E-state index contributed by atoms with van der Waals surface area (Å²) in [5.74, 6) is 1.66. The molecule has 1 amide bonds. The van der Waals surface area contributed by atoms with Gasteiger partial charge in [0.05, 0.1) is 0 Å². The Morgan fingerprint density at radius 1 is 1.16 bits per heavy atom. The number of hydrogen-bond acceptors (Lipinski definition) is 4. The monoisotopic (exact) mass is 400 g/mol. The molecule has 1 N–H and O–H groups in total. The van der Waals surface area contributed by atoms with Gasteiger partial charge in [0.1, 0.15) is 23.9 Å². The summed E-state index contributed by atoms with van der Waals surface area (Å²) in [4.78, 5) is 16.3. The smallest absolute Gasteiger partial charge is 0.292 e. The number of amides is 1. The van der Waals surface area contributed by atoms with Crippen molar-refractivity contribution in [2.45, 2.75) is 20.5 Å². The molecule has 5 nitrogen and oxygen atoms in total. The Hall–Kier alpha value is -2.60. The van der Waals surface area contributed by atoms with Crippen LogP contribution in [0.15, 0.2) is 57.6 Å². The maximum atomic E-state index is 12.2. The van der Waals surface area contributed by atoms with E-state index in [4.69, 9.17) is 9.15 Å². The number of hydrogen-bond donors (Lipinski definition) is 1. The standard InChI is InChI=1S/C19H17BrN2O3/c1-12-3-5-15(9-13(12)2)24-11-16-6-7-17(25-16)19(23)22-18-8-4-14(20)10-21-18/h3-10H,11H2,1-2H3,(H,21,22,23). The van der Waals surface area contributed by atoms with E-state index in [1.165, 1.54) is 11.1 Å². The van der Waals surface area contributed by atoms with Gasteiger partial charge >= 0.3 is 0 Å². The van der Waals surface area contributed by atoms with E-state index in [0.29, 0.717) is 11.6 Å². The van der Waals surface area contributed by atoms with E-state index in [9.17, 15) is 4.79 Å². The van der Waals surface area contributed by atoms with Gasteiger partial charge in [-0.05, 0) is 77.3 Å². The van der Waals surface area contributed by atoms with Crippen molar-refractivity contribution in [3.8, 4) is 5.75 Å². The summed E-state index contributed by atoms with van der Waals surface area (Å²) in [5.41, 5.74) is 2.38. The highest BCUT2D eigenvalue weighted by Gasteiger charge is 2.12. The Bertz CT molecular complexity index is 888. The van der Waals surface area contributed by atoms with Gasteiger partial charge in [-0.15, -0.1) is 0 Å². The van der Waals surface area contributed by atoms with Gasteiger partial charge in [0.25, 0.3) is 5.91 Å². The molecule has 2 aromatic heterocycles. The molecule has 0 bridgehead atoms. The molecule has 6 heteroatoms. The van der Waals surface area contributed by atoms with Crippen LogP contribution in [0.2, 0.25) is 0 Å². The van der Waals surface area contributed by atoms with Crippen molar-refractivity contribution >= 4 is 27.7 Å². The van der Waals surface area contributed by atoms with Crippen LogP contribution in [0.5, 0.6) is 5.75 Å². The third-order valence-electron chi connectivity index (χ3n) is 3.71. The van der Waals surface area contributed by atoms with Crippen molar-refractivity contribution in [1.29, 1.82) is 0 Å². The predicted octanol–water partition coefficient (Wildman–Crippen LogP) is 4.89. The summed E-state index contributed by atoms with van der Waals surface area (Å²) in [7, 11) is 0. The van der Waals surface area contributed by atoms with Gasteiger partial charge in [-0.1, -0.05) is 6.07 Å². The summed E-state index contributed by atoms with van der Waals surface area (Å²) < 4.78 is 12.1. The molecule has 128 valence electrons. The Labute approximate surface area is 154 Å².